The number of carbonyl (C=O) groups is 10. The summed E-state index contributed by atoms with van der Waals surface area (Å²) >= 11 is 1.60. The lowest BCUT2D eigenvalue weighted by molar-refractivity contribution is -0.141. The zero-order chi connectivity index (χ0) is 81.9. The number of benzene rings is 2. The van der Waals surface area contributed by atoms with E-state index in [1.54, 1.807) is 31.8 Å². The number of aromatic amines is 2. The number of aliphatic hydroxyl groups is 2. The Balaban J connectivity index is -0.000000258. The van der Waals surface area contributed by atoms with Gasteiger partial charge in [-0.25, -0.2) is 4.98 Å². The largest absolute Gasteiger partial charge is 0.480 e. The number of H-pyrrole nitrogens is 2. The topological polar surface area (TPSA) is 766 Å². The highest BCUT2D eigenvalue weighted by molar-refractivity contribution is 7.98. The van der Waals surface area contributed by atoms with E-state index in [1.807, 2.05) is 102 Å². The SMILES string of the molecule is CC(C)C[C@H](N)C(=O)O.CC(C)[C@H](N)C(=O)O.CCCN[C@@H](CCO)C(=O)O.CC[C@H](C)[C@H](N)C(=O)O.CSCC[C@H](N)C(=O)O.C[C@@H](O)[C@H](N)C(=O)O.N=C(N)NCCC[C@H](N)C(=O)O.N[C@@H](Cc1c[nH]c2ccccc12)C(=O)O.N[C@@H](Cc1c[nH]cn1)C(=O)O.N[C@@H](Cc1ccccc1)C(=O)O. The van der Waals surface area contributed by atoms with Crippen LogP contribution >= 0.6 is 11.8 Å². The van der Waals surface area contributed by atoms with Crippen molar-refractivity contribution in [2.45, 2.75) is 186 Å². The van der Waals surface area contributed by atoms with E-state index in [0.717, 1.165) is 40.6 Å². The Morgan fingerprint density at radius 1 is 0.548 bits per heavy atom. The third-order valence-electron chi connectivity index (χ3n) is 13.4. The van der Waals surface area contributed by atoms with E-state index in [2.05, 4.69) is 25.6 Å². The highest BCUT2D eigenvalue weighted by atomic mass is 32.2. The Morgan fingerprint density at radius 2 is 1.01 bits per heavy atom. The van der Waals surface area contributed by atoms with E-state index in [0.29, 0.717) is 63.2 Å². The predicted molar refractivity (Wildman–Crippen MR) is 394 cm³/mol. The Morgan fingerprint density at radius 3 is 1.36 bits per heavy atom. The van der Waals surface area contributed by atoms with E-state index < -0.39 is 126 Å². The van der Waals surface area contributed by atoms with Crippen LogP contribution in [0.5, 0.6) is 0 Å². The van der Waals surface area contributed by atoms with Crippen LogP contribution in [-0.4, -0.2) is 240 Å². The zero-order valence-corrected chi connectivity index (χ0v) is 61.3. The number of hydrogen-bond acceptors (Lipinski definition) is 25. The molecule has 2 aromatic heterocycles. The van der Waals surface area contributed by atoms with Crippen molar-refractivity contribution in [3.63, 3.8) is 0 Å². The summed E-state index contributed by atoms with van der Waals surface area (Å²) in [6.45, 7) is 15.6. The fourth-order valence-electron chi connectivity index (χ4n) is 6.69. The van der Waals surface area contributed by atoms with Crippen molar-refractivity contribution in [1.29, 1.82) is 5.41 Å². The van der Waals surface area contributed by atoms with Gasteiger partial charge in [0.05, 0.1) is 18.1 Å². The number of guanidine groups is 1. The summed E-state index contributed by atoms with van der Waals surface area (Å²) < 4.78 is 0. The first kappa shape index (κ1) is 106. The maximum absolute atomic E-state index is 10.6. The molecule has 0 spiro atoms. The highest BCUT2D eigenvalue weighted by Crippen LogP contribution is 2.19. The molecular weight excluding hydrogens is 1390 g/mol. The fraction of sp³-hybridized carbons (Fsp3) is 0.569. The van der Waals surface area contributed by atoms with Gasteiger partial charge in [-0.1, -0.05) is 103 Å². The monoisotopic (exact) mass is 1510 g/mol. The molecule has 0 aliphatic carbocycles. The second-order valence-corrected chi connectivity index (χ2v) is 24.4. The molecule has 104 heavy (non-hydrogen) atoms. The molecule has 0 unspecified atom stereocenters. The Hall–Kier alpha value is -8.97. The third kappa shape index (κ3) is 60.6. The summed E-state index contributed by atoms with van der Waals surface area (Å²) in [6.07, 6.45) is 10.9. The molecule has 2 aromatic carbocycles. The summed E-state index contributed by atoms with van der Waals surface area (Å²) in [5.41, 5.74) is 55.6. The first-order valence-corrected chi connectivity index (χ1v) is 33.9. The van der Waals surface area contributed by atoms with Crippen LogP contribution in [-0.2, 0) is 67.2 Å². The molecule has 0 bridgehead atoms. The lowest BCUT2D eigenvalue weighted by atomic mass is 10.0. The van der Waals surface area contributed by atoms with Gasteiger partial charge in [-0.15, -0.1) is 0 Å². The van der Waals surface area contributed by atoms with Crippen LogP contribution in [0.4, 0.5) is 0 Å². The number of aliphatic carboxylic acids is 10. The van der Waals surface area contributed by atoms with Crippen LogP contribution in [0.15, 0.2) is 73.3 Å². The average Bonchev–Trinajstić information content (AvgIpc) is 1.69. The third-order valence-corrected chi connectivity index (χ3v) is 14.0. The van der Waals surface area contributed by atoms with Crippen LogP contribution in [0.1, 0.15) is 117 Å². The Bertz CT molecular complexity index is 2970. The second kappa shape index (κ2) is 63.7. The minimum Gasteiger partial charge on any atom is -0.480 e. The molecular formula is C65H118N16O22S. The standard InChI is InChI=1S/C11H12N2O2.C9H11NO2.C7H15NO3.C6H14N4O2.C6H9N3O2.2C6H13NO2.C5H11NO2S.C5H11NO2.C4H9NO3/c12-9(11(14)15)5-7-6-13-10-4-2-1-3-8(7)10;10-8(9(11)12)6-7-4-2-1-3-5-7;1-2-4-8-6(3-5-9)7(10)11;7-4(5(11)12)2-1-3-10-6(8)9;7-5(6(10)11)1-4-2-8-3-9-4;1-4(2)3-5(7)6(8)9;1-3-4(2)5(7)6(8)9;1-9-3-2-4(6)5(7)8;1-3(2)4(6)5(7)8;1-2(6)3(5)4(7)8/h1-4,6,9,13H,5,12H2,(H,14,15);1-5,8H,6,10H2,(H,11,12);6,8-9H,2-5H2,1H3,(H,10,11);4H,1-3,7H2,(H,11,12)(H4,8,9,10);2-3,5H,1,7H2,(H,8,9)(H,10,11);2*4-5H,3,7H2,1-2H3,(H,8,9);4H,2-3,6H2,1H3,(H,7,8);3-4H,6H2,1-2H3,(H,7,8);2-3,6H,5H2,1H3,(H,7,8)/t9-;8-;6-;4-;2*5-;4-,5-;2*4-;2-,3+/m0000000001/s1. The van der Waals surface area contributed by atoms with E-state index >= 15 is 0 Å². The van der Waals surface area contributed by atoms with Crippen molar-refractivity contribution in [3.8, 4) is 0 Å². The van der Waals surface area contributed by atoms with E-state index in [1.165, 1.54) is 13.3 Å². The Labute approximate surface area is 609 Å². The molecule has 0 aliphatic heterocycles. The van der Waals surface area contributed by atoms with Gasteiger partial charge in [0.15, 0.2) is 5.96 Å². The first-order valence-electron chi connectivity index (χ1n) is 32.5. The van der Waals surface area contributed by atoms with Crippen molar-refractivity contribution in [3.05, 3.63) is 90.1 Å². The first-order chi connectivity index (χ1) is 48.2. The van der Waals surface area contributed by atoms with Gasteiger partial charge in [0.2, 0.25) is 0 Å². The lowest BCUT2D eigenvalue weighted by Crippen LogP contribution is -2.39. The smallest absolute Gasteiger partial charge is 0.323 e. The summed E-state index contributed by atoms with van der Waals surface area (Å²) in [6, 6.07) is 9.23. The maximum Gasteiger partial charge on any atom is 0.323 e. The van der Waals surface area contributed by atoms with Crippen molar-refractivity contribution in [1.82, 2.24) is 25.6 Å². The van der Waals surface area contributed by atoms with E-state index in [9.17, 15) is 47.9 Å². The van der Waals surface area contributed by atoms with Gasteiger partial charge in [0.25, 0.3) is 0 Å². The molecule has 0 saturated heterocycles. The van der Waals surface area contributed by atoms with Crippen molar-refractivity contribution in [2.24, 2.45) is 75.1 Å². The van der Waals surface area contributed by atoms with Crippen LogP contribution < -0.4 is 68.0 Å². The molecule has 0 saturated carbocycles. The number of thioether (sulfide) groups is 1. The number of nitrogens with two attached hydrogens (primary N) is 10. The number of hydrogen-bond donors (Lipinski definition) is 27. The number of fused-ring (bicyclic) bond motifs is 1. The van der Waals surface area contributed by atoms with Gasteiger partial charge in [0.1, 0.15) is 60.4 Å². The average molecular weight is 1510 g/mol. The number of nitrogens with zero attached hydrogens (tertiary/aromatic N) is 1. The van der Waals surface area contributed by atoms with Gasteiger partial charge >= 0.3 is 59.7 Å². The molecule has 37 N–H and O–H groups in total. The fourth-order valence-corrected chi connectivity index (χ4v) is 7.18. The van der Waals surface area contributed by atoms with Crippen LogP contribution in [0.2, 0.25) is 0 Å². The molecule has 4 aromatic rings. The van der Waals surface area contributed by atoms with Crippen molar-refractivity contribution >= 4 is 88.3 Å². The van der Waals surface area contributed by atoms with E-state index in [-0.39, 0.29) is 37.2 Å². The number of imidazole rings is 1. The van der Waals surface area contributed by atoms with Crippen LogP contribution in [0.25, 0.3) is 10.9 Å². The lowest BCUT2D eigenvalue weighted by Gasteiger charge is -2.11. The molecule has 596 valence electrons. The molecule has 0 radical (unpaired) electrons. The highest BCUT2D eigenvalue weighted by Gasteiger charge is 2.20. The summed E-state index contributed by atoms with van der Waals surface area (Å²) in [7, 11) is 0. The molecule has 0 aliphatic rings. The van der Waals surface area contributed by atoms with Gasteiger partial charge < -0.3 is 139 Å². The summed E-state index contributed by atoms with van der Waals surface area (Å²) in [5.74, 6) is -8.53. The molecule has 0 fully saturated rings. The molecule has 2 heterocycles. The predicted octanol–water partition coefficient (Wildman–Crippen LogP) is -0.516. The molecule has 38 nitrogen and oxygen atoms in total. The molecule has 39 heteroatoms. The van der Waals surface area contributed by atoms with Crippen LogP contribution in [0.3, 0.4) is 0 Å². The number of aliphatic hydroxyl groups excluding tert-OH is 2. The minimum absolute atomic E-state index is 0.0208. The normalized spacial score (nSPS) is 13.6. The van der Waals surface area contributed by atoms with Gasteiger partial charge in [-0.05, 0) is 105 Å². The van der Waals surface area contributed by atoms with Crippen molar-refractivity contribution < 1.29 is 109 Å². The second-order valence-electron chi connectivity index (χ2n) is 23.4. The number of carboxylic acids is 10. The number of carboxylic acid groups (broad SMARTS) is 10. The molecule has 0 amide bonds. The Kier molecular flexibility index (Phi) is 64.9. The van der Waals surface area contributed by atoms with E-state index in [4.69, 9.17) is 124 Å². The van der Waals surface area contributed by atoms with Gasteiger partial charge in [0, 0.05) is 49.3 Å². The zero-order valence-electron chi connectivity index (χ0n) is 60.5. The van der Waals surface area contributed by atoms with Gasteiger partial charge in [-0.3, -0.25) is 53.4 Å². The summed E-state index contributed by atoms with van der Waals surface area (Å²) in [5, 5.41) is 114. The van der Waals surface area contributed by atoms with Gasteiger partial charge in [-0.2, -0.15) is 11.8 Å². The number of aromatic nitrogens is 3. The molecule has 12 atom stereocenters. The summed E-state index contributed by atoms with van der Waals surface area (Å²) in [4.78, 5) is 112. The minimum atomic E-state index is -1.18. The van der Waals surface area contributed by atoms with Crippen molar-refractivity contribution in [2.75, 3.05) is 31.7 Å². The van der Waals surface area contributed by atoms with Crippen LogP contribution in [0, 0.1) is 23.2 Å². The maximum atomic E-state index is 10.6. The number of para-hydroxylation sites is 1. The quantitative estimate of drug-likeness (QED) is 0.0159. The number of rotatable bonds is 34. The number of nitrogens with one attached hydrogen (secondary N) is 5. The molecule has 4 rings (SSSR count).